The molecule has 9 heteroatoms. The van der Waals surface area contributed by atoms with Crippen molar-refractivity contribution >= 4 is 45.5 Å². The third kappa shape index (κ3) is 5.64. The highest BCUT2D eigenvalue weighted by molar-refractivity contribution is 8.02. The number of anilines is 3. The highest BCUT2D eigenvalue weighted by atomic mass is 32.2. The van der Waals surface area contributed by atoms with Crippen LogP contribution >= 0.6 is 23.1 Å². The summed E-state index contributed by atoms with van der Waals surface area (Å²) in [6.45, 7) is 3.94. The lowest BCUT2D eigenvalue weighted by Gasteiger charge is -2.12. The van der Waals surface area contributed by atoms with Gasteiger partial charge in [-0.05, 0) is 25.0 Å². The smallest absolute Gasteiger partial charge is 0.237 e. The Labute approximate surface area is 184 Å². The number of amides is 1. The number of carbonyl (C=O) groups is 1. The van der Waals surface area contributed by atoms with E-state index in [4.69, 9.17) is 9.47 Å². The zero-order valence-corrected chi connectivity index (χ0v) is 18.9. The van der Waals surface area contributed by atoms with Gasteiger partial charge in [0.25, 0.3) is 0 Å². The van der Waals surface area contributed by atoms with Crippen molar-refractivity contribution in [1.82, 2.24) is 10.2 Å². The summed E-state index contributed by atoms with van der Waals surface area (Å²) in [5.74, 6) is 1.07. The van der Waals surface area contributed by atoms with Crippen LogP contribution in [0, 0.1) is 0 Å². The lowest BCUT2D eigenvalue weighted by molar-refractivity contribution is -0.115. The minimum Gasteiger partial charge on any atom is -0.497 e. The predicted molar refractivity (Wildman–Crippen MR) is 123 cm³/mol. The van der Waals surface area contributed by atoms with Crippen LogP contribution in [0.1, 0.15) is 19.4 Å². The van der Waals surface area contributed by atoms with E-state index in [2.05, 4.69) is 33.8 Å². The number of methoxy groups -OCH3 is 2. The molecule has 0 aliphatic carbocycles. The molecule has 0 aliphatic rings. The molecule has 0 saturated heterocycles. The molecular formula is C21H24N4O3S2. The minimum atomic E-state index is -0.356. The van der Waals surface area contributed by atoms with Crippen LogP contribution in [0.4, 0.5) is 16.5 Å². The van der Waals surface area contributed by atoms with Crippen molar-refractivity contribution in [2.24, 2.45) is 0 Å². The lowest BCUT2D eigenvalue weighted by atomic mass is 10.1. The summed E-state index contributed by atoms with van der Waals surface area (Å²) >= 11 is 2.78. The maximum atomic E-state index is 12.6. The predicted octanol–water partition coefficient (Wildman–Crippen LogP) is 4.98. The Kier molecular flexibility index (Phi) is 7.53. The first-order valence-corrected chi connectivity index (χ1v) is 11.1. The zero-order chi connectivity index (χ0) is 21.5. The summed E-state index contributed by atoms with van der Waals surface area (Å²) in [5.41, 5.74) is 2.84. The molecule has 1 unspecified atom stereocenters. The third-order valence-corrected chi connectivity index (χ3v) is 6.34. The Balaban J connectivity index is 1.62. The molecule has 2 N–H and O–H groups in total. The first-order valence-electron chi connectivity index (χ1n) is 9.41. The van der Waals surface area contributed by atoms with Crippen LogP contribution in [0.3, 0.4) is 0 Å². The van der Waals surface area contributed by atoms with Crippen LogP contribution in [-0.4, -0.2) is 35.6 Å². The van der Waals surface area contributed by atoms with Crippen molar-refractivity contribution in [3.8, 4) is 11.5 Å². The zero-order valence-electron chi connectivity index (χ0n) is 17.3. The van der Waals surface area contributed by atoms with Gasteiger partial charge < -0.3 is 20.1 Å². The molecule has 0 spiro atoms. The van der Waals surface area contributed by atoms with E-state index < -0.39 is 0 Å². The molecule has 0 fully saturated rings. The van der Waals surface area contributed by atoms with Crippen LogP contribution in [-0.2, 0) is 11.2 Å². The van der Waals surface area contributed by atoms with E-state index in [-0.39, 0.29) is 11.2 Å². The summed E-state index contributed by atoms with van der Waals surface area (Å²) in [6, 6.07) is 13.3. The molecule has 158 valence electrons. The van der Waals surface area contributed by atoms with E-state index >= 15 is 0 Å². The number of thioether (sulfide) groups is 1. The van der Waals surface area contributed by atoms with E-state index in [1.165, 1.54) is 28.7 Å². The lowest BCUT2D eigenvalue weighted by Crippen LogP contribution is -2.22. The van der Waals surface area contributed by atoms with E-state index in [1.54, 1.807) is 32.4 Å². The number of hydrogen-bond donors (Lipinski definition) is 2. The van der Waals surface area contributed by atoms with Crippen LogP contribution < -0.4 is 20.1 Å². The van der Waals surface area contributed by atoms with Gasteiger partial charge in [-0.3, -0.25) is 4.79 Å². The fourth-order valence-electron chi connectivity index (χ4n) is 2.70. The van der Waals surface area contributed by atoms with Crippen molar-refractivity contribution in [1.29, 1.82) is 0 Å². The summed E-state index contributed by atoms with van der Waals surface area (Å²) in [7, 11) is 3.14. The molecule has 1 amide bonds. The number of hydrogen-bond acceptors (Lipinski definition) is 8. The number of benzene rings is 2. The number of nitrogens with zero attached hydrogens (tertiary/aromatic N) is 2. The SMILES string of the molecule is CCc1ccccc1Nc1nnc(SC(C)C(=O)Nc2cc(OC)cc(OC)c2)s1. The third-order valence-electron chi connectivity index (χ3n) is 4.31. The first-order chi connectivity index (χ1) is 14.5. The van der Waals surface area contributed by atoms with Crippen LogP contribution in [0.5, 0.6) is 11.5 Å². The number of aromatic nitrogens is 2. The van der Waals surface area contributed by atoms with Crippen LogP contribution in [0.2, 0.25) is 0 Å². The minimum absolute atomic E-state index is 0.142. The van der Waals surface area contributed by atoms with Gasteiger partial charge in [-0.15, -0.1) is 10.2 Å². The van der Waals surface area contributed by atoms with E-state index in [0.29, 0.717) is 22.3 Å². The van der Waals surface area contributed by atoms with Crippen molar-refractivity contribution in [3.63, 3.8) is 0 Å². The fraction of sp³-hybridized carbons (Fsp3) is 0.286. The normalized spacial score (nSPS) is 11.6. The molecule has 3 aromatic rings. The Morgan fingerprint density at radius 3 is 2.50 bits per heavy atom. The largest absolute Gasteiger partial charge is 0.497 e. The maximum absolute atomic E-state index is 12.6. The highest BCUT2D eigenvalue weighted by Gasteiger charge is 2.18. The van der Waals surface area contributed by atoms with Gasteiger partial charge in [0, 0.05) is 29.6 Å². The van der Waals surface area contributed by atoms with Gasteiger partial charge in [0.15, 0.2) is 4.34 Å². The average molecular weight is 445 g/mol. The number of ether oxygens (including phenoxy) is 2. The van der Waals surface area contributed by atoms with Gasteiger partial charge >= 0.3 is 0 Å². The maximum Gasteiger partial charge on any atom is 0.237 e. The van der Waals surface area contributed by atoms with Crippen molar-refractivity contribution in [2.75, 3.05) is 24.9 Å². The van der Waals surface area contributed by atoms with Gasteiger partial charge in [-0.25, -0.2) is 0 Å². The monoisotopic (exact) mass is 444 g/mol. The molecular weight excluding hydrogens is 420 g/mol. The molecule has 1 heterocycles. The number of nitrogens with one attached hydrogen (secondary N) is 2. The molecule has 7 nitrogen and oxygen atoms in total. The number of aryl methyl sites for hydroxylation is 1. The molecule has 0 aliphatic heterocycles. The molecule has 30 heavy (non-hydrogen) atoms. The standard InChI is InChI=1S/C21H24N4O3S2/c1-5-14-8-6-7-9-18(14)23-20-24-25-21(30-20)29-13(2)19(26)22-15-10-16(27-3)12-17(11-15)28-4/h6-13H,5H2,1-4H3,(H,22,26)(H,23,24). The summed E-state index contributed by atoms with van der Waals surface area (Å²) in [4.78, 5) is 12.6. The van der Waals surface area contributed by atoms with Gasteiger partial charge in [-0.2, -0.15) is 0 Å². The highest BCUT2D eigenvalue weighted by Crippen LogP contribution is 2.32. The van der Waals surface area contributed by atoms with Crippen molar-refractivity contribution in [2.45, 2.75) is 29.9 Å². The summed E-state index contributed by atoms with van der Waals surface area (Å²) < 4.78 is 11.2. The van der Waals surface area contributed by atoms with E-state index in [1.807, 2.05) is 25.1 Å². The average Bonchev–Trinajstić information content (AvgIpc) is 3.20. The van der Waals surface area contributed by atoms with Gasteiger partial charge in [0.2, 0.25) is 11.0 Å². The molecule has 0 bridgehead atoms. The Morgan fingerprint density at radius 1 is 1.13 bits per heavy atom. The Bertz CT molecular complexity index is 987. The molecule has 0 saturated carbocycles. The second-order valence-corrected chi connectivity index (χ2v) is 8.92. The molecule has 1 atom stereocenters. The topological polar surface area (TPSA) is 85.4 Å². The van der Waals surface area contributed by atoms with Gasteiger partial charge in [0.05, 0.1) is 19.5 Å². The summed E-state index contributed by atoms with van der Waals surface area (Å²) in [5, 5.41) is 15.0. The number of rotatable bonds is 9. The number of carbonyl (C=O) groups excluding carboxylic acids is 1. The Morgan fingerprint density at radius 2 is 1.83 bits per heavy atom. The second-order valence-electron chi connectivity index (χ2n) is 6.36. The van der Waals surface area contributed by atoms with Crippen LogP contribution in [0.15, 0.2) is 46.8 Å². The number of para-hydroxylation sites is 1. The molecule has 2 aromatic carbocycles. The van der Waals surface area contributed by atoms with Crippen molar-refractivity contribution < 1.29 is 14.3 Å². The van der Waals surface area contributed by atoms with E-state index in [0.717, 1.165) is 16.4 Å². The molecule has 3 rings (SSSR count). The van der Waals surface area contributed by atoms with Crippen molar-refractivity contribution in [3.05, 3.63) is 48.0 Å². The molecule has 0 radical (unpaired) electrons. The van der Waals surface area contributed by atoms with Gasteiger partial charge in [-0.1, -0.05) is 48.2 Å². The van der Waals surface area contributed by atoms with E-state index in [9.17, 15) is 4.79 Å². The van der Waals surface area contributed by atoms with Crippen LogP contribution in [0.25, 0.3) is 0 Å². The Hall–Kier alpha value is -2.78. The summed E-state index contributed by atoms with van der Waals surface area (Å²) in [6.07, 6.45) is 0.926. The van der Waals surface area contributed by atoms with Gasteiger partial charge in [0.1, 0.15) is 11.5 Å². The second kappa shape index (κ2) is 10.3. The first kappa shape index (κ1) is 21.9. The fourth-order valence-corrected chi connectivity index (χ4v) is 4.61. The quantitative estimate of drug-likeness (QED) is 0.450. The molecule has 1 aromatic heterocycles.